The van der Waals surface area contributed by atoms with Crippen molar-refractivity contribution in [3.63, 3.8) is 0 Å². The van der Waals surface area contributed by atoms with Crippen molar-refractivity contribution in [2.24, 2.45) is 11.7 Å². The molecule has 1 aliphatic heterocycles. The Hall–Kier alpha value is -0.870. The van der Waals surface area contributed by atoms with Gasteiger partial charge in [0.2, 0.25) is 0 Å². The van der Waals surface area contributed by atoms with Crippen LogP contribution in [0.4, 0.5) is 0 Å². The van der Waals surface area contributed by atoms with E-state index in [2.05, 4.69) is 30.3 Å². The second kappa shape index (κ2) is 5.41. The zero-order valence-electron chi connectivity index (χ0n) is 11.7. The summed E-state index contributed by atoms with van der Waals surface area (Å²) in [5.41, 5.74) is 7.33. The van der Waals surface area contributed by atoms with E-state index in [1.165, 1.54) is 0 Å². The van der Waals surface area contributed by atoms with Crippen LogP contribution in [0.5, 0.6) is 0 Å². The lowest BCUT2D eigenvalue weighted by Gasteiger charge is -2.26. The molecule has 0 radical (unpaired) electrons. The molecule has 1 aliphatic rings. The molecular formula is C14H25N3O. The van der Waals surface area contributed by atoms with E-state index in [-0.39, 0.29) is 11.6 Å². The molecule has 18 heavy (non-hydrogen) atoms. The van der Waals surface area contributed by atoms with Gasteiger partial charge in [-0.05, 0) is 32.1 Å². The van der Waals surface area contributed by atoms with Crippen LogP contribution in [0.25, 0.3) is 0 Å². The first kappa shape index (κ1) is 13.6. The summed E-state index contributed by atoms with van der Waals surface area (Å²) >= 11 is 0. The lowest BCUT2D eigenvalue weighted by atomic mass is 10.0. The lowest BCUT2D eigenvalue weighted by Crippen LogP contribution is -2.31. The average molecular weight is 251 g/mol. The van der Waals surface area contributed by atoms with Gasteiger partial charge in [0.25, 0.3) is 0 Å². The smallest absolute Gasteiger partial charge is 0.0949 e. The van der Waals surface area contributed by atoms with E-state index >= 15 is 0 Å². The second-order valence-corrected chi connectivity index (χ2v) is 6.08. The molecule has 0 amide bonds. The van der Waals surface area contributed by atoms with E-state index in [0.29, 0.717) is 5.92 Å². The number of ether oxygens (including phenoxy) is 1. The fourth-order valence-corrected chi connectivity index (χ4v) is 2.72. The maximum atomic E-state index is 6.26. The van der Waals surface area contributed by atoms with Gasteiger partial charge in [-0.1, -0.05) is 13.8 Å². The molecule has 1 saturated heterocycles. The van der Waals surface area contributed by atoms with Gasteiger partial charge in [-0.25, -0.2) is 4.98 Å². The van der Waals surface area contributed by atoms with Gasteiger partial charge in [-0.15, -0.1) is 0 Å². The molecule has 2 atom stereocenters. The van der Waals surface area contributed by atoms with Crippen LogP contribution in [0, 0.1) is 5.92 Å². The van der Waals surface area contributed by atoms with Crippen molar-refractivity contribution in [2.45, 2.75) is 58.2 Å². The van der Waals surface area contributed by atoms with Crippen LogP contribution < -0.4 is 5.73 Å². The van der Waals surface area contributed by atoms with Crippen LogP contribution in [0.1, 0.15) is 51.8 Å². The molecule has 1 aromatic heterocycles. The highest BCUT2D eigenvalue weighted by Gasteiger charge is 2.31. The summed E-state index contributed by atoms with van der Waals surface area (Å²) in [6.07, 6.45) is 7.03. The normalized spacial score (nSPS) is 25.8. The van der Waals surface area contributed by atoms with E-state index < -0.39 is 0 Å². The molecule has 1 fully saturated rings. The van der Waals surface area contributed by atoms with Gasteiger partial charge in [0.05, 0.1) is 24.2 Å². The number of rotatable bonds is 5. The van der Waals surface area contributed by atoms with Crippen molar-refractivity contribution < 1.29 is 4.74 Å². The second-order valence-electron chi connectivity index (χ2n) is 6.08. The maximum Gasteiger partial charge on any atom is 0.0949 e. The van der Waals surface area contributed by atoms with Crippen molar-refractivity contribution >= 4 is 0 Å². The van der Waals surface area contributed by atoms with Crippen LogP contribution in [0.3, 0.4) is 0 Å². The molecule has 0 bridgehead atoms. The van der Waals surface area contributed by atoms with E-state index in [1.807, 2.05) is 12.5 Å². The molecule has 2 rings (SSSR count). The van der Waals surface area contributed by atoms with Gasteiger partial charge in [0.1, 0.15) is 0 Å². The van der Waals surface area contributed by atoms with Crippen molar-refractivity contribution in [3.8, 4) is 0 Å². The quantitative estimate of drug-likeness (QED) is 0.874. The molecule has 2 heterocycles. The summed E-state index contributed by atoms with van der Waals surface area (Å²) in [5.74, 6) is 0.599. The first-order valence-corrected chi connectivity index (χ1v) is 6.90. The number of nitrogens with zero attached hydrogens (tertiary/aromatic N) is 2. The van der Waals surface area contributed by atoms with E-state index in [1.54, 1.807) is 0 Å². The Morgan fingerprint density at radius 1 is 1.56 bits per heavy atom. The Kier molecular flexibility index (Phi) is 4.07. The highest BCUT2D eigenvalue weighted by Crippen LogP contribution is 2.28. The lowest BCUT2D eigenvalue weighted by molar-refractivity contribution is 0.00545. The number of hydrogen-bond donors (Lipinski definition) is 1. The molecule has 2 unspecified atom stereocenters. The van der Waals surface area contributed by atoms with Crippen molar-refractivity contribution in [1.82, 2.24) is 9.55 Å². The number of aromatic nitrogens is 2. The third kappa shape index (κ3) is 3.12. The Bertz CT molecular complexity index is 380. The van der Waals surface area contributed by atoms with Gasteiger partial charge in [0.15, 0.2) is 0 Å². The van der Waals surface area contributed by atoms with E-state index in [4.69, 9.17) is 10.5 Å². The predicted octanol–water partition coefficient (Wildman–Crippen LogP) is 2.50. The topological polar surface area (TPSA) is 53.1 Å². The minimum atomic E-state index is -0.0486. The van der Waals surface area contributed by atoms with Gasteiger partial charge >= 0.3 is 0 Å². The van der Waals surface area contributed by atoms with Gasteiger partial charge in [-0.3, -0.25) is 0 Å². The molecule has 0 saturated carbocycles. The number of imidazole rings is 1. The van der Waals surface area contributed by atoms with Crippen LogP contribution in [-0.4, -0.2) is 21.8 Å². The highest BCUT2D eigenvalue weighted by molar-refractivity contribution is 5.06. The molecule has 0 aliphatic carbocycles. The Morgan fingerprint density at radius 2 is 2.33 bits per heavy atom. The summed E-state index contributed by atoms with van der Waals surface area (Å²) in [6, 6.07) is 0.0671. The highest BCUT2D eigenvalue weighted by atomic mass is 16.5. The SMILES string of the molecule is CC(C)CC(N)c1cncn1CC1(C)CCCO1. The average Bonchev–Trinajstić information content (AvgIpc) is 2.87. The summed E-state index contributed by atoms with van der Waals surface area (Å²) in [7, 11) is 0. The van der Waals surface area contributed by atoms with E-state index in [0.717, 1.165) is 38.1 Å². The standard InChI is InChI=1S/C14H25N3O/c1-11(2)7-12(15)13-8-16-10-17(13)9-14(3)5-4-6-18-14/h8,10-12H,4-7,9,15H2,1-3H3. The molecule has 0 aromatic carbocycles. The van der Waals surface area contributed by atoms with Gasteiger partial charge in [0, 0.05) is 18.8 Å². The van der Waals surface area contributed by atoms with Crippen molar-refractivity contribution in [3.05, 3.63) is 18.2 Å². The zero-order chi connectivity index (χ0) is 13.2. The third-order valence-corrected chi connectivity index (χ3v) is 3.66. The summed E-state index contributed by atoms with van der Waals surface area (Å²) in [6.45, 7) is 8.30. The van der Waals surface area contributed by atoms with Crippen LogP contribution in [-0.2, 0) is 11.3 Å². The minimum absolute atomic E-state index is 0.0486. The first-order chi connectivity index (χ1) is 8.50. The van der Waals surface area contributed by atoms with E-state index in [9.17, 15) is 0 Å². The predicted molar refractivity (Wildman–Crippen MR) is 72.2 cm³/mol. The molecule has 102 valence electrons. The Morgan fingerprint density at radius 3 is 2.94 bits per heavy atom. The first-order valence-electron chi connectivity index (χ1n) is 6.90. The minimum Gasteiger partial charge on any atom is -0.373 e. The van der Waals surface area contributed by atoms with Crippen molar-refractivity contribution in [2.75, 3.05) is 6.61 Å². The Balaban J connectivity index is 2.07. The molecule has 1 aromatic rings. The third-order valence-electron chi connectivity index (χ3n) is 3.66. The van der Waals surface area contributed by atoms with Crippen LogP contribution in [0.15, 0.2) is 12.5 Å². The maximum absolute atomic E-state index is 6.26. The van der Waals surface area contributed by atoms with Crippen LogP contribution in [0.2, 0.25) is 0 Å². The van der Waals surface area contributed by atoms with Crippen molar-refractivity contribution in [1.29, 1.82) is 0 Å². The molecule has 4 heteroatoms. The largest absolute Gasteiger partial charge is 0.373 e. The van der Waals surface area contributed by atoms with Crippen LogP contribution >= 0.6 is 0 Å². The summed E-state index contributed by atoms with van der Waals surface area (Å²) in [4.78, 5) is 4.25. The van der Waals surface area contributed by atoms with Gasteiger partial charge in [-0.2, -0.15) is 0 Å². The summed E-state index contributed by atoms with van der Waals surface area (Å²) in [5, 5.41) is 0. The number of hydrogen-bond acceptors (Lipinski definition) is 3. The van der Waals surface area contributed by atoms with Gasteiger partial charge < -0.3 is 15.0 Å². The Labute approximate surface area is 110 Å². The molecule has 4 nitrogen and oxygen atoms in total. The monoisotopic (exact) mass is 251 g/mol. The number of nitrogens with two attached hydrogens (primary N) is 1. The molecule has 0 spiro atoms. The zero-order valence-corrected chi connectivity index (χ0v) is 11.7. The fourth-order valence-electron chi connectivity index (χ4n) is 2.72. The fraction of sp³-hybridized carbons (Fsp3) is 0.786. The molecule has 2 N–H and O–H groups in total. The molecular weight excluding hydrogens is 226 g/mol. The summed E-state index contributed by atoms with van der Waals surface area (Å²) < 4.78 is 8.01.